The quantitative estimate of drug-likeness (QED) is 0.412. The molecule has 1 saturated heterocycles. The molecular formula is C12H23N3. The number of amidine groups is 1. The predicted octanol–water partition coefficient (Wildman–Crippen LogP) is 1.82. The molecule has 0 aromatic heterocycles. The number of fused-ring (bicyclic) bond motifs is 1. The van der Waals surface area contributed by atoms with Gasteiger partial charge in [0.1, 0.15) is 0 Å². The van der Waals surface area contributed by atoms with E-state index in [0.717, 1.165) is 24.7 Å². The highest BCUT2D eigenvalue weighted by atomic mass is 15.2. The van der Waals surface area contributed by atoms with Crippen LogP contribution in [0, 0.1) is 17.2 Å². The maximum absolute atomic E-state index is 7.15. The van der Waals surface area contributed by atoms with Gasteiger partial charge in [0.15, 0.2) is 0 Å². The predicted molar refractivity (Wildman–Crippen MR) is 63.0 cm³/mol. The van der Waals surface area contributed by atoms with Crippen molar-refractivity contribution in [3.63, 3.8) is 0 Å². The zero-order valence-electron chi connectivity index (χ0n) is 9.54. The fourth-order valence-electron chi connectivity index (χ4n) is 3.17. The molecule has 2 unspecified atom stereocenters. The van der Waals surface area contributed by atoms with Crippen LogP contribution >= 0.6 is 0 Å². The molecule has 15 heavy (non-hydrogen) atoms. The number of rotatable bonds is 5. The molecular weight excluding hydrogens is 186 g/mol. The van der Waals surface area contributed by atoms with Gasteiger partial charge in [-0.05, 0) is 44.1 Å². The highest BCUT2D eigenvalue weighted by molar-refractivity contribution is 5.76. The van der Waals surface area contributed by atoms with Crippen molar-refractivity contribution in [2.24, 2.45) is 17.6 Å². The topological polar surface area (TPSA) is 53.1 Å². The van der Waals surface area contributed by atoms with Crippen molar-refractivity contribution in [3.05, 3.63) is 0 Å². The van der Waals surface area contributed by atoms with E-state index in [9.17, 15) is 0 Å². The lowest BCUT2D eigenvalue weighted by Crippen LogP contribution is -2.23. The third-order valence-corrected chi connectivity index (χ3v) is 3.97. The van der Waals surface area contributed by atoms with Gasteiger partial charge in [0.05, 0.1) is 5.84 Å². The Hall–Kier alpha value is -0.570. The van der Waals surface area contributed by atoms with Gasteiger partial charge < -0.3 is 10.6 Å². The highest BCUT2D eigenvalue weighted by Gasteiger charge is 2.35. The number of likely N-dealkylation sites (tertiary alicyclic amines) is 1. The number of hydrogen-bond acceptors (Lipinski definition) is 2. The second-order valence-corrected chi connectivity index (χ2v) is 5.19. The van der Waals surface area contributed by atoms with Crippen molar-refractivity contribution in [3.8, 4) is 0 Å². The van der Waals surface area contributed by atoms with Gasteiger partial charge in [-0.25, -0.2) is 0 Å². The van der Waals surface area contributed by atoms with Crippen LogP contribution < -0.4 is 5.73 Å². The van der Waals surface area contributed by atoms with Crippen molar-refractivity contribution in [1.29, 1.82) is 5.41 Å². The van der Waals surface area contributed by atoms with Gasteiger partial charge in [0.25, 0.3) is 0 Å². The lowest BCUT2D eigenvalue weighted by molar-refractivity contribution is 0.305. The maximum atomic E-state index is 7.15. The van der Waals surface area contributed by atoms with E-state index in [1.807, 2.05) is 0 Å². The summed E-state index contributed by atoms with van der Waals surface area (Å²) in [5, 5.41) is 7.15. The van der Waals surface area contributed by atoms with Crippen molar-refractivity contribution >= 4 is 5.84 Å². The number of nitrogens with two attached hydrogens (primary N) is 1. The molecule has 86 valence electrons. The summed E-state index contributed by atoms with van der Waals surface area (Å²) in [4.78, 5) is 2.62. The first-order chi connectivity index (χ1) is 7.25. The summed E-state index contributed by atoms with van der Waals surface area (Å²) in [5.41, 5.74) is 5.33. The van der Waals surface area contributed by atoms with Crippen LogP contribution in [0.4, 0.5) is 0 Å². The number of hydrogen-bond donors (Lipinski definition) is 2. The van der Waals surface area contributed by atoms with E-state index in [1.165, 1.54) is 45.3 Å². The van der Waals surface area contributed by atoms with Crippen LogP contribution in [0.25, 0.3) is 0 Å². The molecule has 3 nitrogen and oxygen atoms in total. The van der Waals surface area contributed by atoms with Crippen LogP contribution in [0.15, 0.2) is 0 Å². The summed E-state index contributed by atoms with van der Waals surface area (Å²) >= 11 is 0. The molecule has 3 N–H and O–H groups in total. The summed E-state index contributed by atoms with van der Waals surface area (Å²) in [6, 6.07) is 0. The molecule has 0 bridgehead atoms. The molecule has 3 heteroatoms. The normalized spacial score (nSPS) is 30.7. The second kappa shape index (κ2) is 4.97. The Morgan fingerprint density at radius 1 is 1.20 bits per heavy atom. The van der Waals surface area contributed by atoms with E-state index in [-0.39, 0.29) is 0 Å². The number of nitrogens with zero attached hydrogens (tertiary/aromatic N) is 1. The fourth-order valence-corrected chi connectivity index (χ4v) is 3.17. The van der Waals surface area contributed by atoms with Crippen molar-refractivity contribution in [2.45, 2.75) is 38.5 Å². The third kappa shape index (κ3) is 2.94. The van der Waals surface area contributed by atoms with Gasteiger partial charge in [0, 0.05) is 19.5 Å². The molecule has 1 heterocycles. The lowest BCUT2D eigenvalue weighted by Gasteiger charge is -2.16. The summed E-state index contributed by atoms with van der Waals surface area (Å²) in [7, 11) is 0. The summed E-state index contributed by atoms with van der Waals surface area (Å²) < 4.78 is 0. The minimum Gasteiger partial charge on any atom is -0.388 e. The van der Waals surface area contributed by atoms with E-state index < -0.39 is 0 Å². The average Bonchev–Trinajstić information content (AvgIpc) is 2.71. The van der Waals surface area contributed by atoms with E-state index in [0.29, 0.717) is 5.84 Å². The van der Waals surface area contributed by atoms with Gasteiger partial charge in [-0.1, -0.05) is 6.42 Å². The minimum atomic E-state index is 0.341. The van der Waals surface area contributed by atoms with Crippen LogP contribution in [0.1, 0.15) is 38.5 Å². The summed E-state index contributed by atoms with van der Waals surface area (Å²) in [5.74, 6) is 2.36. The molecule has 1 aliphatic carbocycles. The fraction of sp³-hybridized carbons (Fsp3) is 0.917. The Bertz CT molecular complexity index is 215. The van der Waals surface area contributed by atoms with Gasteiger partial charge in [0.2, 0.25) is 0 Å². The average molecular weight is 209 g/mol. The van der Waals surface area contributed by atoms with Crippen molar-refractivity contribution in [1.82, 2.24) is 4.90 Å². The smallest absolute Gasteiger partial charge is 0.0905 e. The molecule has 2 aliphatic rings. The molecule has 2 fully saturated rings. The monoisotopic (exact) mass is 209 g/mol. The molecule has 0 amide bonds. The van der Waals surface area contributed by atoms with E-state index in [2.05, 4.69) is 4.90 Å². The Kier molecular flexibility index (Phi) is 3.62. The van der Waals surface area contributed by atoms with Gasteiger partial charge >= 0.3 is 0 Å². The Morgan fingerprint density at radius 2 is 1.87 bits per heavy atom. The largest absolute Gasteiger partial charge is 0.388 e. The zero-order chi connectivity index (χ0) is 10.7. The summed E-state index contributed by atoms with van der Waals surface area (Å²) in [6.07, 6.45) is 7.47. The summed E-state index contributed by atoms with van der Waals surface area (Å²) in [6.45, 7) is 3.90. The van der Waals surface area contributed by atoms with Crippen LogP contribution in [0.2, 0.25) is 0 Å². The molecule has 2 atom stereocenters. The molecule has 1 aliphatic heterocycles. The second-order valence-electron chi connectivity index (χ2n) is 5.19. The Morgan fingerprint density at radius 3 is 2.47 bits per heavy atom. The maximum Gasteiger partial charge on any atom is 0.0905 e. The first kappa shape index (κ1) is 10.9. The first-order valence-electron chi connectivity index (χ1n) is 6.31. The van der Waals surface area contributed by atoms with E-state index in [4.69, 9.17) is 11.1 Å². The SMILES string of the molecule is N=C(N)CCCCN1CC2CCCC2C1. The van der Waals surface area contributed by atoms with Crippen LogP contribution in [0.5, 0.6) is 0 Å². The minimum absolute atomic E-state index is 0.341. The molecule has 0 aromatic rings. The van der Waals surface area contributed by atoms with Crippen LogP contribution in [0.3, 0.4) is 0 Å². The molecule has 0 aromatic carbocycles. The highest BCUT2D eigenvalue weighted by Crippen LogP contribution is 2.37. The van der Waals surface area contributed by atoms with Crippen molar-refractivity contribution < 1.29 is 0 Å². The van der Waals surface area contributed by atoms with Gasteiger partial charge in [-0.2, -0.15) is 0 Å². The zero-order valence-corrected chi connectivity index (χ0v) is 9.54. The van der Waals surface area contributed by atoms with E-state index in [1.54, 1.807) is 0 Å². The molecule has 0 spiro atoms. The molecule has 2 rings (SSSR count). The number of unbranched alkanes of at least 4 members (excludes halogenated alkanes) is 1. The Balaban J connectivity index is 1.59. The van der Waals surface area contributed by atoms with Gasteiger partial charge in [-0.3, -0.25) is 5.41 Å². The third-order valence-electron chi connectivity index (χ3n) is 3.97. The standard InChI is InChI=1S/C12H23N3/c13-12(14)6-1-2-7-15-8-10-4-3-5-11(10)9-15/h10-11H,1-9H2,(H3,13,14). The van der Waals surface area contributed by atoms with Crippen molar-refractivity contribution in [2.75, 3.05) is 19.6 Å². The molecule has 0 radical (unpaired) electrons. The lowest BCUT2D eigenvalue weighted by atomic mass is 10.0. The number of nitrogens with one attached hydrogen (secondary N) is 1. The van der Waals surface area contributed by atoms with Crippen LogP contribution in [-0.4, -0.2) is 30.4 Å². The Labute approximate surface area is 92.5 Å². The van der Waals surface area contributed by atoms with Gasteiger partial charge in [-0.15, -0.1) is 0 Å². The first-order valence-corrected chi connectivity index (χ1v) is 6.31. The van der Waals surface area contributed by atoms with Crippen LogP contribution in [-0.2, 0) is 0 Å². The molecule has 1 saturated carbocycles. The van der Waals surface area contributed by atoms with E-state index >= 15 is 0 Å².